The number of hydrazine groups is 1. The number of hydrogen-bond donors (Lipinski definition) is 3. The second-order valence-electron chi connectivity index (χ2n) is 6.33. The standard InChI is InChI=1S/C20H21ClFN3O4/c1-11-8-14(21)9-12(2)18(11)29-13(3)19(27)25-24-17(26)10-23-20(28)15-6-4-5-7-16(15)22/h4-9,13H,10H2,1-3H3,(H,23,28)(H,24,26)(H,25,27). The lowest BCUT2D eigenvalue weighted by Crippen LogP contribution is -2.50. The maximum absolute atomic E-state index is 13.5. The van der Waals surface area contributed by atoms with E-state index in [4.69, 9.17) is 16.3 Å². The molecule has 0 fully saturated rings. The third-order valence-electron chi connectivity index (χ3n) is 3.94. The highest BCUT2D eigenvalue weighted by atomic mass is 35.5. The highest BCUT2D eigenvalue weighted by molar-refractivity contribution is 6.30. The highest BCUT2D eigenvalue weighted by Gasteiger charge is 2.18. The molecule has 2 aromatic carbocycles. The molecule has 0 radical (unpaired) electrons. The zero-order valence-electron chi connectivity index (χ0n) is 16.1. The van der Waals surface area contributed by atoms with E-state index in [0.717, 1.165) is 17.2 Å². The summed E-state index contributed by atoms with van der Waals surface area (Å²) in [6.07, 6.45) is -0.901. The Bertz CT molecular complexity index is 913. The van der Waals surface area contributed by atoms with Gasteiger partial charge >= 0.3 is 0 Å². The Morgan fingerprint density at radius 1 is 1.10 bits per heavy atom. The van der Waals surface area contributed by atoms with Crippen LogP contribution in [0.5, 0.6) is 5.75 Å². The number of aryl methyl sites for hydroxylation is 2. The first-order valence-electron chi connectivity index (χ1n) is 8.74. The van der Waals surface area contributed by atoms with Crippen LogP contribution in [0.1, 0.15) is 28.4 Å². The summed E-state index contributed by atoms with van der Waals surface area (Å²) in [7, 11) is 0. The van der Waals surface area contributed by atoms with Gasteiger partial charge in [-0.25, -0.2) is 4.39 Å². The van der Waals surface area contributed by atoms with Crippen molar-refractivity contribution in [2.24, 2.45) is 0 Å². The van der Waals surface area contributed by atoms with E-state index in [1.807, 2.05) is 0 Å². The second kappa shape index (κ2) is 9.88. The van der Waals surface area contributed by atoms with Crippen molar-refractivity contribution in [1.82, 2.24) is 16.2 Å². The number of carbonyl (C=O) groups excluding carboxylic acids is 3. The fourth-order valence-electron chi connectivity index (χ4n) is 2.49. The quantitative estimate of drug-likeness (QED) is 0.624. The summed E-state index contributed by atoms with van der Waals surface area (Å²) >= 11 is 5.97. The molecule has 0 aliphatic carbocycles. The van der Waals surface area contributed by atoms with Crippen LogP contribution in [0.25, 0.3) is 0 Å². The number of carbonyl (C=O) groups is 3. The molecule has 0 saturated heterocycles. The molecule has 3 N–H and O–H groups in total. The number of ether oxygens (including phenoxy) is 1. The van der Waals surface area contributed by atoms with Gasteiger partial charge in [0, 0.05) is 5.02 Å². The topological polar surface area (TPSA) is 96.5 Å². The molecule has 2 aromatic rings. The van der Waals surface area contributed by atoms with Gasteiger partial charge < -0.3 is 10.1 Å². The lowest BCUT2D eigenvalue weighted by Gasteiger charge is -2.18. The molecule has 154 valence electrons. The van der Waals surface area contributed by atoms with Gasteiger partial charge in [-0.1, -0.05) is 23.7 Å². The molecule has 0 spiro atoms. The molecular weight excluding hydrogens is 401 g/mol. The zero-order valence-corrected chi connectivity index (χ0v) is 16.9. The Hall–Kier alpha value is -3.13. The molecule has 0 bridgehead atoms. The number of hydrogen-bond acceptors (Lipinski definition) is 4. The average molecular weight is 422 g/mol. The van der Waals surface area contributed by atoms with Gasteiger partial charge in [-0.15, -0.1) is 0 Å². The Kier molecular flexibility index (Phi) is 7.55. The van der Waals surface area contributed by atoms with E-state index in [2.05, 4.69) is 16.2 Å². The number of halogens is 2. The van der Waals surface area contributed by atoms with E-state index in [0.29, 0.717) is 10.8 Å². The van der Waals surface area contributed by atoms with Gasteiger partial charge in [0.2, 0.25) is 0 Å². The normalized spacial score (nSPS) is 11.3. The van der Waals surface area contributed by atoms with E-state index in [1.165, 1.54) is 25.1 Å². The molecule has 3 amide bonds. The van der Waals surface area contributed by atoms with Crippen LogP contribution in [0, 0.1) is 19.7 Å². The first-order valence-corrected chi connectivity index (χ1v) is 9.11. The van der Waals surface area contributed by atoms with Crippen LogP contribution < -0.4 is 20.9 Å². The molecule has 1 atom stereocenters. The lowest BCUT2D eigenvalue weighted by molar-refractivity contribution is -0.132. The summed E-state index contributed by atoms with van der Waals surface area (Å²) in [5.41, 5.74) is 5.74. The lowest BCUT2D eigenvalue weighted by atomic mass is 10.1. The summed E-state index contributed by atoms with van der Waals surface area (Å²) < 4.78 is 19.2. The minimum atomic E-state index is -0.901. The molecule has 0 aliphatic rings. The van der Waals surface area contributed by atoms with Gasteiger partial charge in [-0.3, -0.25) is 25.2 Å². The summed E-state index contributed by atoms with van der Waals surface area (Å²) in [6.45, 7) is 4.69. The third kappa shape index (κ3) is 6.18. The molecule has 0 aliphatic heterocycles. The van der Waals surface area contributed by atoms with Crippen LogP contribution in [0.15, 0.2) is 36.4 Å². The zero-order chi connectivity index (χ0) is 21.6. The summed E-state index contributed by atoms with van der Waals surface area (Å²) in [6, 6.07) is 8.82. The van der Waals surface area contributed by atoms with Crippen LogP contribution in [0.2, 0.25) is 5.02 Å². The van der Waals surface area contributed by atoms with Crippen molar-refractivity contribution in [1.29, 1.82) is 0 Å². The maximum Gasteiger partial charge on any atom is 0.279 e. The van der Waals surface area contributed by atoms with Crippen LogP contribution in [-0.2, 0) is 9.59 Å². The van der Waals surface area contributed by atoms with Crippen molar-refractivity contribution in [3.05, 3.63) is 63.9 Å². The van der Waals surface area contributed by atoms with Crippen molar-refractivity contribution in [2.75, 3.05) is 6.54 Å². The smallest absolute Gasteiger partial charge is 0.279 e. The molecule has 7 nitrogen and oxygen atoms in total. The second-order valence-corrected chi connectivity index (χ2v) is 6.77. The van der Waals surface area contributed by atoms with Crippen molar-refractivity contribution in [3.8, 4) is 5.75 Å². The van der Waals surface area contributed by atoms with Crippen LogP contribution >= 0.6 is 11.6 Å². The van der Waals surface area contributed by atoms with E-state index >= 15 is 0 Å². The monoisotopic (exact) mass is 421 g/mol. The van der Waals surface area contributed by atoms with E-state index in [9.17, 15) is 18.8 Å². The highest BCUT2D eigenvalue weighted by Crippen LogP contribution is 2.27. The van der Waals surface area contributed by atoms with Crippen LogP contribution in [0.3, 0.4) is 0 Å². The summed E-state index contributed by atoms with van der Waals surface area (Å²) in [5.74, 6) is -2.19. The predicted octanol–water partition coefficient (Wildman–Crippen LogP) is 2.44. The van der Waals surface area contributed by atoms with Gasteiger partial charge in [0.25, 0.3) is 17.7 Å². The Labute approximate surface area is 172 Å². The van der Waals surface area contributed by atoms with Crippen LogP contribution in [0.4, 0.5) is 4.39 Å². The largest absolute Gasteiger partial charge is 0.480 e. The van der Waals surface area contributed by atoms with Gasteiger partial charge in [0.05, 0.1) is 12.1 Å². The number of nitrogens with one attached hydrogen (secondary N) is 3. The van der Waals surface area contributed by atoms with Crippen molar-refractivity contribution in [2.45, 2.75) is 26.9 Å². The molecule has 2 rings (SSSR count). The molecular formula is C20H21ClFN3O4. The van der Waals surface area contributed by atoms with Crippen molar-refractivity contribution < 1.29 is 23.5 Å². The molecule has 29 heavy (non-hydrogen) atoms. The van der Waals surface area contributed by atoms with E-state index < -0.39 is 36.2 Å². The SMILES string of the molecule is Cc1cc(Cl)cc(C)c1OC(C)C(=O)NNC(=O)CNC(=O)c1ccccc1F. The van der Waals surface area contributed by atoms with Crippen molar-refractivity contribution in [3.63, 3.8) is 0 Å². The molecule has 0 heterocycles. The number of amides is 3. The fourth-order valence-corrected chi connectivity index (χ4v) is 2.82. The first kappa shape index (κ1) is 22.2. The molecule has 0 saturated carbocycles. The van der Waals surface area contributed by atoms with Crippen LogP contribution in [-0.4, -0.2) is 30.4 Å². The number of benzene rings is 2. The first-order chi connectivity index (χ1) is 13.7. The molecule has 1 unspecified atom stereocenters. The maximum atomic E-state index is 13.5. The Balaban J connectivity index is 1.81. The summed E-state index contributed by atoms with van der Waals surface area (Å²) in [5, 5.41) is 2.83. The minimum absolute atomic E-state index is 0.180. The van der Waals surface area contributed by atoms with Gasteiger partial charge in [0.1, 0.15) is 11.6 Å². The number of rotatable bonds is 6. The molecule has 0 aromatic heterocycles. The predicted molar refractivity (Wildman–Crippen MR) is 106 cm³/mol. The fraction of sp³-hybridized carbons (Fsp3) is 0.250. The van der Waals surface area contributed by atoms with E-state index in [1.54, 1.807) is 26.0 Å². The average Bonchev–Trinajstić information content (AvgIpc) is 2.67. The van der Waals surface area contributed by atoms with E-state index in [-0.39, 0.29) is 5.56 Å². The summed E-state index contributed by atoms with van der Waals surface area (Å²) in [4.78, 5) is 35.8. The minimum Gasteiger partial charge on any atom is -0.480 e. The van der Waals surface area contributed by atoms with Gasteiger partial charge in [-0.2, -0.15) is 0 Å². The Morgan fingerprint density at radius 2 is 1.72 bits per heavy atom. The van der Waals surface area contributed by atoms with Crippen molar-refractivity contribution >= 4 is 29.3 Å². The third-order valence-corrected chi connectivity index (χ3v) is 4.16. The van der Waals surface area contributed by atoms with Gasteiger partial charge in [-0.05, 0) is 56.2 Å². The molecule has 9 heteroatoms. The van der Waals surface area contributed by atoms with Gasteiger partial charge in [0.15, 0.2) is 6.10 Å². The Morgan fingerprint density at radius 3 is 2.34 bits per heavy atom.